The SMILES string of the molecule is O=C(O)C(Cc1ccccc1)NCCOc1cccc(CCNS(=O)(=O)c2ccc(Cl)cc2)c1. The molecule has 0 aliphatic heterocycles. The smallest absolute Gasteiger partial charge is 0.321 e. The Hall–Kier alpha value is -2.91. The predicted molar refractivity (Wildman–Crippen MR) is 132 cm³/mol. The minimum atomic E-state index is -3.61. The quantitative estimate of drug-likeness (QED) is 0.309. The van der Waals surface area contributed by atoms with E-state index in [1.54, 1.807) is 6.07 Å². The third-order valence-corrected chi connectivity index (χ3v) is 6.80. The largest absolute Gasteiger partial charge is 0.492 e. The molecular weight excluding hydrogens is 476 g/mol. The van der Waals surface area contributed by atoms with Crippen molar-refractivity contribution in [3.05, 3.63) is 95.0 Å². The lowest BCUT2D eigenvalue weighted by Crippen LogP contribution is -2.40. The van der Waals surface area contributed by atoms with E-state index in [9.17, 15) is 18.3 Å². The van der Waals surface area contributed by atoms with Gasteiger partial charge >= 0.3 is 5.97 Å². The molecule has 1 atom stereocenters. The number of carboxylic acids is 1. The van der Waals surface area contributed by atoms with Crippen LogP contribution in [0.15, 0.2) is 83.8 Å². The first-order valence-corrected chi connectivity index (χ1v) is 12.7. The van der Waals surface area contributed by atoms with Crippen molar-refractivity contribution in [3.8, 4) is 5.75 Å². The summed E-state index contributed by atoms with van der Waals surface area (Å²) in [6.07, 6.45) is 0.873. The lowest BCUT2D eigenvalue weighted by atomic mass is 10.1. The molecule has 3 N–H and O–H groups in total. The normalized spacial score (nSPS) is 12.3. The predicted octanol–water partition coefficient (Wildman–Crippen LogP) is 3.53. The van der Waals surface area contributed by atoms with E-state index >= 15 is 0 Å². The first-order chi connectivity index (χ1) is 16.3. The third-order valence-electron chi connectivity index (χ3n) is 5.07. The van der Waals surface area contributed by atoms with Gasteiger partial charge in [0.25, 0.3) is 0 Å². The highest BCUT2D eigenvalue weighted by Crippen LogP contribution is 2.15. The third kappa shape index (κ3) is 8.14. The molecule has 1 unspecified atom stereocenters. The highest BCUT2D eigenvalue weighted by molar-refractivity contribution is 7.89. The van der Waals surface area contributed by atoms with Gasteiger partial charge in [-0.15, -0.1) is 0 Å². The summed E-state index contributed by atoms with van der Waals surface area (Å²) in [4.78, 5) is 11.7. The van der Waals surface area contributed by atoms with Crippen LogP contribution in [0.5, 0.6) is 5.75 Å². The Morgan fingerprint density at radius 3 is 2.35 bits per heavy atom. The Morgan fingerprint density at radius 2 is 1.65 bits per heavy atom. The van der Waals surface area contributed by atoms with E-state index in [1.165, 1.54) is 24.3 Å². The van der Waals surface area contributed by atoms with Gasteiger partial charge in [-0.25, -0.2) is 13.1 Å². The molecule has 3 rings (SSSR count). The second kappa shape index (κ2) is 12.5. The topological polar surface area (TPSA) is 105 Å². The van der Waals surface area contributed by atoms with Gasteiger partial charge in [0, 0.05) is 18.1 Å². The summed E-state index contributed by atoms with van der Waals surface area (Å²) >= 11 is 5.81. The fourth-order valence-corrected chi connectivity index (χ4v) is 4.47. The molecule has 7 nitrogen and oxygen atoms in total. The van der Waals surface area contributed by atoms with Crippen LogP contribution in [-0.4, -0.2) is 45.2 Å². The number of hydrogen-bond acceptors (Lipinski definition) is 5. The Kier molecular flexibility index (Phi) is 9.47. The van der Waals surface area contributed by atoms with Gasteiger partial charge in [0.15, 0.2) is 0 Å². The summed E-state index contributed by atoms with van der Waals surface area (Å²) < 4.78 is 33.1. The summed E-state index contributed by atoms with van der Waals surface area (Å²) in [7, 11) is -3.61. The highest BCUT2D eigenvalue weighted by Gasteiger charge is 2.17. The van der Waals surface area contributed by atoms with Crippen LogP contribution >= 0.6 is 11.6 Å². The van der Waals surface area contributed by atoms with E-state index in [2.05, 4.69) is 10.0 Å². The van der Waals surface area contributed by atoms with E-state index in [4.69, 9.17) is 16.3 Å². The molecule has 0 saturated heterocycles. The van der Waals surface area contributed by atoms with Crippen molar-refractivity contribution in [2.45, 2.75) is 23.8 Å². The van der Waals surface area contributed by atoms with E-state index in [-0.39, 0.29) is 11.4 Å². The van der Waals surface area contributed by atoms with Crippen molar-refractivity contribution < 1.29 is 23.1 Å². The van der Waals surface area contributed by atoms with Crippen molar-refractivity contribution in [3.63, 3.8) is 0 Å². The fraction of sp³-hybridized carbons (Fsp3) is 0.240. The van der Waals surface area contributed by atoms with Gasteiger partial charge in [0.1, 0.15) is 18.4 Å². The maximum absolute atomic E-state index is 12.4. The monoisotopic (exact) mass is 502 g/mol. The Labute approximate surface area is 204 Å². The van der Waals surface area contributed by atoms with Crippen molar-refractivity contribution in [1.82, 2.24) is 10.0 Å². The first kappa shape index (κ1) is 25.7. The number of sulfonamides is 1. The highest BCUT2D eigenvalue weighted by atomic mass is 35.5. The van der Waals surface area contributed by atoms with E-state index in [0.717, 1.165) is 11.1 Å². The molecule has 9 heteroatoms. The number of benzene rings is 3. The fourth-order valence-electron chi connectivity index (χ4n) is 3.32. The van der Waals surface area contributed by atoms with Crippen LogP contribution in [0.4, 0.5) is 0 Å². The Morgan fingerprint density at radius 1 is 0.941 bits per heavy atom. The molecule has 0 fully saturated rings. The van der Waals surface area contributed by atoms with Crippen LogP contribution in [0.3, 0.4) is 0 Å². The van der Waals surface area contributed by atoms with Gasteiger partial charge in [0.05, 0.1) is 4.90 Å². The number of nitrogens with one attached hydrogen (secondary N) is 2. The van der Waals surface area contributed by atoms with Crippen molar-refractivity contribution in [1.29, 1.82) is 0 Å². The van der Waals surface area contributed by atoms with E-state index < -0.39 is 22.0 Å². The lowest BCUT2D eigenvalue weighted by Gasteiger charge is -2.15. The molecule has 0 heterocycles. The summed E-state index contributed by atoms with van der Waals surface area (Å²) in [6, 6.07) is 22.1. The number of halogens is 1. The first-order valence-electron chi connectivity index (χ1n) is 10.8. The van der Waals surface area contributed by atoms with Gasteiger partial charge in [-0.2, -0.15) is 0 Å². The van der Waals surface area contributed by atoms with Crippen LogP contribution in [0.2, 0.25) is 5.02 Å². The van der Waals surface area contributed by atoms with Gasteiger partial charge in [0.2, 0.25) is 10.0 Å². The standard InChI is InChI=1S/C25H27ClN2O5S/c26-21-9-11-23(12-10-21)34(31,32)28-14-13-20-7-4-8-22(17-20)33-16-15-27-24(25(29)30)18-19-5-2-1-3-6-19/h1-12,17,24,27-28H,13-16,18H2,(H,29,30). The molecule has 0 spiro atoms. The van der Waals surface area contributed by atoms with Gasteiger partial charge < -0.3 is 15.2 Å². The number of carboxylic acid groups (broad SMARTS) is 1. The number of rotatable bonds is 13. The summed E-state index contributed by atoms with van der Waals surface area (Å²) in [5, 5.41) is 12.9. The van der Waals surface area contributed by atoms with Crippen LogP contribution in [-0.2, 0) is 27.7 Å². The zero-order chi connectivity index (χ0) is 24.4. The molecule has 0 aliphatic carbocycles. The molecule has 180 valence electrons. The van der Waals surface area contributed by atoms with Crippen LogP contribution < -0.4 is 14.8 Å². The molecule has 3 aromatic rings. The van der Waals surface area contributed by atoms with Gasteiger partial charge in [-0.3, -0.25) is 4.79 Å². The molecule has 0 aromatic heterocycles. The zero-order valence-electron chi connectivity index (χ0n) is 18.5. The minimum absolute atomic E-state index is 0.161. The maximum atomic E-state index is 12.4. The van der Waals surface area contributed by atoms with E-state index in [1.807, 2.05) is 48.5 Å². The van der Waals surface area contributed by atoms with Gasteiger partial charge in [-0.1, -0.05) is 54.1 Å². The summed E-state index contributed by atoms with van der Waals surface area (Å²) in [6.45, 7) is 0.899. The average molecular weight is 503 g/mol. The molecule has 0 aliphatic rings. The second-order valence-electron chi connectivity index (χ2n) is 7.63. The van der Waals surface area contributed by atoms with Gasteiger partial charge in [-0.05, 0) is 60.4 Å². The van der Waals surface area contributed by atoms with Crippen molar-refractivity contribution in [2.75, 3.05) is 19.7 Å². The number of carbonyl (C=O) groups is 1. The summed E-state index contributed by atoms with van der Waals surface area (Å²) in [5.74, 6) is -0.276. The molecule has 0 bridgehead atoms. The molecule has 0 radical (unpaired) electrons. The molecule has 3 aromatic carbocycles. The number of hydrogen-bond donors (Lipinski definition) is 3. The minimum Gasteiger partial charge on any atom is -0.492 e. The lowest BCUT2D eigenvalue weighted by molar-refractivity contribution is -0.139. The average Bonchev–Trinajstić information content (AvgIpc) is 2.82. The zero-order valence-corrected chi connectivity index (χ0v) is 20.1. The Bertz CT molecular complexity index is 1170. The molecular formula is C25H27ClN2O5S. The van der Waals surface area contributed by atoms with Crippen molar-refractivity contribution >= 4 is 27.6 Å². The molecule has 0 saturated carbocycles. The maximum Gasteiger partial charge on any atom is 0.321 e. The molecule has 34 heavy (non-hydrogen) atoms. The number of aliphatic carboxylic acids is 1. The van der Waals surface area contributed by atoms with E-state index in [0.29, 0.717) is 36.8 Å². The van der Waals surface area contributed by atoms with Crippen LogP contribution in [0, 0.1) is 0 Å². The van der Waals surface area contributed by atoms with Crippen LogP contribution in [0.25, 0.3) is 0 Å². The number of ether oxygens (including phenoxy) is 1. The Balaban J connectivity index is 1.44. The van der Waals surface area contributed by atoms with Crippen molar-refractivity contribution in [2.24, 2.45) is 0 Å². The van der Waals surface area contributed by atoms with Crippen LogP contribution in [0.1, 0.15) is 11.1 Å². The summed E-state index contributed by atoms with van der Waals surface area (Å²) in [5.41, 5.74) is 1.86. The molecule has 0 amide bonds. The second-order valence-corrected chi connectivity index (χ2v) is 9.84.